The van der Waals surface area contributed by atoms with Crippen molar-refractivity contribution >= 4 is 29.3 Å². The van der Waals surface area contributed by atoms with Crippen molar-refractivity contribution in [2.45, 2.75) is 105 Å². The Hall–Kier alpha value is -2.93. The predicted molar refractivity (Wildman–Crippen MR) is 173 cm³/mol. The first-order chi connectivity index (χ1) is 20.2. The van der Waals surface area contributed by atoms with E-state index in [1.807, 2.05) is 38.1 Å². The number of aromatic nitrogens is 1. The van der Waals surface area contributed by atoms with Crippen LogP contribution in [0.3, 0.4) is 0 Å². The second kappa shape index (κ2) is 17.3. The van der Waals surface area contributed by atoms with E-state index < -0.39 is 0 Å². The van der Waals surface area contributed by atoms with Crippen molar-refractivity contribution in [3.05, 3.63) is 62.6 Å². The van der Waals surface area contributed by atoms with Gasteiger partial charge in [-0.3, -0.25) is 4.79 Å². The summed E-state index contributed by atoms with van der Waals surface area (Å²) in [6, 6.07) is 8.01. The average molecular weight is 595 g/mol. The van der Waals surface area contributed by atoms with Crippen molar-refractivity contribution in [2.24, 2.45) is 11.8 Å². The maximum absolute atomic E-state index is 13.4. The molecule has 0 spiro atoms. The molecule has 6 nitrogen and oxygen atoms in total. The van der Waals surface area contributed by atoms with Gasteiger partial charge in [0.25, 0.3) is 0 Å². The first kappa shape index (κ1) is 33.6. The maximum atomic E-state index is 13.4. The third-order valence-corrected chi connectivity index (χ3v) is 8.67. The van der Waals surface area contributed by atoms with Crippen LogP contribution in [0.15, 0.2) is 41.5 Å². The maximum Gasteiger partial charge on any atom is 0.333 e. The van der Waals surface area contributed by atoms with E-state index in [0.29, 0.717) is 24.5 Å². The van der Waals surface area contributed by atoms with Gasteiger partial charge in [-0.1, -0.05) is 58.6 Å². The number of amides is 1. The number of nitrogens with one attached hydrogen (secondary N) is 1. The fourth-order valence-corrected chi connectivity index (χ4v) is 6.52. The van der Waals surface area contributed by atoms with Crippen LogP contribution in [0.1, 0.15) is 114 Å². The third-order valence-electron chi connectivity index (χ3n) is 7.46. The van der Waals surface area contributed by atoms with Crippen LogP contribution < -0.4 is 10.1 Å². The van der Waals surface area contributed by atoms with Crippen LogP contribution in [0.5, 0.6) is 5.75 Å². The number of rotatable bonds is 15. The first-order valence-electron chi connectivity index (χ1n) is 15.8. The minimum absolute atomic E-state index is 0.0725. The number of benzene rings is 1. The molecule has 1 aliphatic carbocycles. The molecule has 1 amide bonds. The first-order valence-corrected chi connectivity index (χ1v) is 16.6. The second-order valence-corrected chi connectivity index (χ2v) is 13.0. The Labute approximate surface area is 257 Å². The number of hydrogen-bond acceptors (Lipinski definition) is 6. The molecule has 0 radical (unpaired) electrons. The number of carbonyl (C=O) groups is 2. The summed E-state index contributed by atoms with van der Waals surface area (Å²) in [5.41, 5.74) is 3.54. The van der Waals surface area contributed by atoms with E-state index in [0.717, 1.165) is 79.1 Å². The van der Waals surface area contributed by atoms with Gasteiger partial charge in [-0.15, -0.1) is 11.3 Å². The van der Waals surface area contributed by atoms with E-state index in [1.165, 1.54) is 11.3 Å². The summed E-state index contributed by atoms with van der Waals surface area (Å²) >= 11 is 1.69. The minimum Gasteiger partial charge on any atom is -0.494 e. The zero-order valence-electron chi connectivity index (χ0n) is 26.5. The van der Waals surface area contributed by atoms with Crippen molar-refractivity contribution in [1.29, 1.82) is 0 Å². The van der Waals surface area contributed by atoms with E-state index in [2.05, 4.69) is 38.2 Å². The van der Waals surface area contributed by atoms with Crippen LogP contribution in [0.4, 0.5) is 0 Å². The molecule has 42 heavy (non-hydrogen) atoms. The fraction of sp³-hybridized carbons (Fsp3) is 0.571. The summed E-state index contributed by atoms with van der Waals surface area (Å²) in [6.07, 6.45) is 12.9. The van der Waals surface area contributed by atoms with Gasteiger partial charge in [0, 0.05) is 16.4 Å². The van der Waals surface area contributed by atoms with E-state index >= 15 is 0 Å². The zero-order valence-corrected chi connectivity index (χ0v) is 27.3. The Morgan fingerprint density at radius 2 is 1.79 bits per heavy atom. The molecule has 1 atom stereocenters. The molecule has 0 unspecified atom stereocenters. The zero-order chi connectivity index (χ0) is 30.5. The molecular weight excluding hydrogens is 544 g/mol. The monoisotopic (exact) mass is 594 g/mol. The Balaban J connectivity index is 1.91. The van der Waals surface area contributed by atoms with Gasteiger partial charge < -0.3 is 14.8 Å². The van der Waals surface area contributed by atoms with Crippen molar-refractivity contribution in [1.82, 2.24) is 10.3 Å². The molecule has 0 bridgehead atoms. The normalized spacial score (nSPS) is 15.5. The third kappa shape index (κ3) is 10.7. The summed E-state index contributed by atoms with van der Waals surface area (Å²) in [4.78, 5) is 31.9. The Morgan fingerprint density at radius 3 is 2.43 bits per heavy atom. The summed E-state index contributed by atoms with van der Waals surface area (Å²) in [5.74, 6) is 1.24. The summed E-state index contributed by atoms with van der Waals surface area (Å²) in [7, 11) is 0. The number of ether oxygens (including phenoxy) is 2. The van der Waals surface area contributed by atoms with Gasteiger partial charge in [-0.25, -0.2) is 9.78 Å². The highest BCUT2D eigenvalue weighted by Gasteiger charge is 2.27. The highest BCUT2D eigenvalue weighted by Crippen LogP contribution is 2.32. The smallest absolute Gasteiger partial charge is 0.333 e. The summed E-state index contributed by atoms with van der Waals surface area (Å²) < 4.78 is 11.0. The van der Waals surface area contributed by atoms with Gasteiger partial charge in [0.1, 0.15) is 10.8 Å². The SMILES string of the molecule is CCCCOc1ccc(C[C@@H](NC(=O)C2CCCCC2)c2nc(/C=C(C)/C=C(/C)C(=O)OCC)c(CC(C)C)s2)cc1. The quantitative estimate of drug-likeness (QED) is 0.0969. The van der Waals surface area contributed by atoms with E-state index in [-0.39, 0.29) is 23.8 Å². The standard InChI is InChI=1S/C35H50N2O4S/c1-7-9-19-41-29-17-15-27(16-18-29)23-31(36-33(38)28-13-11-10-12-14-28)34-37-30(32(42-34)20-24(3)4)22-25(5)21-26(6)35(39)40-8-2/h15-18,21-22,24,28,31H,7-14,19-20,23H2,1-6H3,(H,36,38)/b25-22+,26-21-/t31-/m1/s1. The minimum atomic E-state index is -0.307. The Bertz CT molecular complexity index is 1210. The van der Waals surface area contributed by atoms with Crippen molar-refractivity contribution < 1.29 is 19.1 Å². The number of carbonyl (C=O) groups excluding carboxylic acids is 2. The van der Waals surface area contributed by atoms with E-state index in [4.69, 9.17) is 14.5 Å². The number of esters is 1. The van der Waals surface area contributed by atoms with Crippen LogP contribution in [0, 0.1) is 11.8 Å². The van der Waals surface area contributed by atoms with Gasteiger partial charge in [0.2, 0.25) is 5.91 Å². The number of thiazole rings is 1. The molecule has 0 aliphatic heterocycles. The molecule has 2 aromatic rings. The molecule has 1 N–H and O–H groups in total. The highest BCUT2D eigenvalue weighted by molar-refractivity contribution is 7.11. The number of nitrogens with zero attached hydrogens (tertiary/aromatic N) is 1. The second-order valence-electron chi connectivity index (χ2n) is 11.8. The molecular formula is C35H50N2O4S. The molecule has 230 valence electrons. The van der Waals surface area contributed by atoms with Crippen LogP contribution in [0.25, 0.3) is 6.08 Å². The van der Waals surface area contributed by atoms with Gasteiger partial charge in [-0.05, 0) is 94.2 Å². The number of hydrogen-bond donors (Lipinski definition) is 1. The molecule has 1 aromatic heterocycles. The van der Waals surface area contributed by atoms with Crippen molar-refractivity contribution in [3.8, 4) is 5.75 Å². The lowest BCUT2D eigenvalue weighted by molar-refractivity contribution is -0.138. The lowest BCUT2D eigenvalue weighted by atomic mass is 9.88. The largest absolute Gasteiger partial charge is 0.494 e. The van der Waals surface area contributed by atoms with Gasteiger partial charge in [0.05, 0.1) is 24.9 Å². The summed E-state index contributed by atoms with van der Waals surface area (Å²) in [5, 5.41) is 4.32. The van der Waals surface area contributed by atoms with Crippen molar-refractivity contribution in [3.63, 3.8) is 0 Å². The molecule has 1 aliphatic rings. The Kier molecular flexibility index (Phi) is 13.8. The lowest BCUT2D eigenvalue weighted by Gasteiger charge is -2.24. The molecule has 0 saturated heterocycles. The van der Waals surface area contributed by atoms with Gasteiger partial charge in [-0.2, -0.15) is 0 Å². The van der Waals surface area contributed by atoms with Crippen LogP contribution in [-0.2, 0) is 27.2 Å². The Morgan fingerprint density at radius 1 is 1.07 bits per heavy atom. The predicted octanol–water partition coefficient (Wildman–Crippen LogP) is 8.41. The van der Waals surface area contributed by atoms with Crippen LogP contribution in [0.2, 0.25) is 0 Å². The van der Waals surface area contributed by atoms with E-state index in [1.54, 1.807) is 18.3 Å². The van der Waals surface area contributed by atoms with Crippen LogP contribution >= 0.6 is 11.3 Å². The van der Waals surface area contributed by atoms with Gasteiger partial charge >= 0.3 is 5.97 Å². The fourth-order valence-electron chi connectivity index (χ4n) is 5.21. The molecule has 1 fully saturated rings. The molecule has 3 rings (SSSR count). The molecule has 1 saturated carbocycles. The van der Waals surface area contributed by atoms with E-state index in [9.17, 15) is 9.59 Å². The molecule has 1 aromatic carbocycles. The topological polar surface area (TPSA) is 77.5 Å². The molecule has 7 heteroatoms. The van der Waals surface area contributed by atoms with Crippen LogP contribution in [-0.4, -0.2) is 30.1 Å². The molecule has 1 heterocycles. The number of allylic oxidation sites excluding steroid dienone is 2. The average Bonchev–Trinajstić information content (AvgIpc) is 3.35. The highest BCUT2D eigenvalue weighted by atomic mass is 32.1. The van der Waals surface area contributed by atoms with Crippen molar-refractivity contribution in [2.75, 3.05) is 13.2 Å². The lowest BCUT2D eigenvalue weighted by Crippen LogP contribution is -2.35. The summed E-state index contributed by atoms with van der Waals surface area (Å²) in [6.45, 7) is 13.2. The number of unbranched alkanes of at least 4 members (excludes halogenated alkanes) is 1. The van der Waals surface area contributed by atoms with Gasteiger partial charge in [0.15, 0.2) is 0 Å².